The molecule has 0 saturated heterocycles. The Hall–Kier alpha value is -2.08. The van der Waals surface area contributed by atoms with Crippen LogP contribution in [0.3, 0.4) is 0 Å². The maximum atomic E-state index is 13.8. The summed E-state index contributed by atoms with van der Waals surface area (Å²) in [5.41, 5.74) is -2.07. The molecule has 2 aromatic rings. The fourth-order valence-corrected chi connectivity index (χ4v) is 1.82. The van der Waals surface area contributed by atoms with Gasteiger partial charge in [0.2, 0.25) is 5.88 Å². The topological polar surface area (TPSA) is 55.2 Å². The Labute approximate surface area is 108 Å². The van der Waals surface area contributed by atoms with Gasteiger partial charge in [0, 0.05) is 18.0 Å². The second-order valence-corrected chi connectivity index (χ2v) is 4.09. The first-order valence-electron chi connectivity index (χ1n) is 5.50. The van der Waals surface area contributed by atoms with Gasteiger partial charge in [0.1, 0.15) is 11.3 Å². The molecule has 0 aliphatic carbocycles. The molecule has 2 rings (SSSR count). The van der Waals surface area contributed by atoms with Gasteiger partial charge < -0.3 is 9.84 Å². The highest BCUT2D eigenvalue weighted by molar-refractivity contribution is 5.37. The Morgan fingerprint density at radius 2 is 1.89 bits per heavy atom. The van der Waals surface area contributed by atoms with Crippen LogP contribution < -0.4 is 4.74 Å². The first kappa shape index (κ1) is 13.4. The summed E-state index contributed by atoms with van der Waals surface area (Å²) in [7, 11) is 1.35. The van der Waals surface area contributed by atoms with Crippen LogP contribution in [0.4, 0.5) is 8.78 Å². The average Bonchev–Trinajstić information content (AvgIpc) is 2.41. The van der Waals surface area contributed by atoms with E-state index in [1.807, 2.05) is 0 Å². The molecule has 0 fully saturated rings. The zero-order valence-corrected chi connectivity index (χ0v) is 10.4. The molecular formula is C13H12F2N2O2. The number of aliphatic hydroxyl groups is 1. The molecule has 1 aromatic carbocycles. The molecule has 1 heterocycles. The molecule has 1 atom stereocenters. The van der Waals surface area contributed by atoms with Gasteiger partial charge in [0.15, 0.2) is 11.6 Å². The summed E-state index contributed by atoms with van der Waals surface area (Å²) in [6, 6.07) is 3.57. The molecule has 0 radical (unpaired) electrons. The molecule has 19 heavy (non-hydrogen) atoms. The van der Waals surface area contributed by atoms with Crippen molar-refractivity contribution in [3.63, 3.8) is 0 Å². The van der Waals surface area contributed by atoms with Gasteiger partial charge in [-0.2, -0.15) is 0 Å². The van der Waals surface area contributed by atoms with Crippen LogP contribution in [0.5, 0.6) is 5.88 Å². The molecule has 0 amide bonds. The maximum absolute atomic E-state index is 13.8. The summed E-state index contributed by atoms with van der Waals surface area (Å²) in [5.74, 6) is -2.11. The van der Waals surface area contributed by atoms with E-state index in [9.17, 15) is 13.9 Å². The van der Waals surface area contributed by atoms with E-state index in [1.54, 1.807) is 0 Å². The summed E-state index contributed by atoms with van der Waals surface area (Å²) < 4.78 is 32.0. The summed E-state index contributed by atoms with van der Waals surface area (Å²) in [4.78, 5) is 7.82. The maximum Gasteiger partial charge on any atom is 0.238 e. The smallest absolute Gasteiger partial charge is 0.238 e. The number of methoxy groups -OCH3 is 1. The molecule has 1 unspecified atom stereocenters. The van der Waals surface area contributed by atoms with Crippen molar-refractivity contribution in [3.8, 4) is 5.88 Å². The van der Waals surface area contributed by atoms with Crippen molar-refractivity contribution in [2.24, 2.45) is 0 Å². The number of ether oxygens (including phenoxy) is 1. The Balaban J connectivity index is 2.62. The summed E-state index contributed by atoms with van der Waals surface area (Å²) in [6.45, 7) is 1.30. The first-order chi connectivity index (χ1) is 8.98. The molecule has 1 N–H and O–H groups in total. The van der Waals surface area contributed by atoms with Gasteiger partial charge in [-0.15, -0.1) is 0 Å². The van der Waals surface area contributed by atoms with E-state index in [2.05, 4.69) is 9.97 Å². The highest BCUT2D eigenvalue weighted by Gasteiger charge is 2.34. The first-order valence-corrected chi connectivity index (χ1v) is 5.50. The molecular weight excluding hydrogens is 254 g/mol. The van der Waals surface area contributed by atoms with E-state index < -0.39 is 17.2 Å². The molecule has 0 saturated carbocycles. The number of nitrogens with zero attached hydrogens (tertiary/aromatic N) is 2. The largest absolute Gasteiger partial charge is 0.480 e. The minimum absolute atomic E-state index is 0.0157. The summed E-state index contributed by atoms with van der Waals surface area (Å²) in [6.07, 6.45) is 2.71. The predicted octanol–water partition coefficient (Wildman–Crippen LogP) is 2.02. The van der Waals surface area contributed by atoms with Gasteiger partial charge in [-0.3, -0.25) is 4.98 Å². The van der Waals surface area contributed by atoms with E-state index in [0.29, 0.717) is 0 Å². The van der Waals surface area contributed by atoms with E-state index in [1.165, 1.54) is 38.6 Å². The third kappa shape index (κ3) is 2.26. The van der Waals surface area contributed by atoms with Crippen molar-refractivity contribution in [2.75, 3.05) is 7.11 Å². The minimum Gasteiger partial charge on any atom is -0.480 e. The molecule has 0 bridgehead atoms. The lowest BCUT2D eigenvalue weighted by Crippen LogP contribution is -2.27. The van der Waals surface area contributed by atoms with E-state index in [-0.39, 0.29) is 17.1 Å². The van der Waals surface area contributed by atoms with Crippen LogP contribution >= 0.6 is 0 Å². The Kier molecular flexibility index (Phi) is 3.44. The third-order valence-corrected chi connectivity index (χ3v) is 2.80. The van der Waals surface area contributed by atoms with Crippen LogP contribution in [0.25, 0.3) is 0 Å². The lowest BCUT2D eigenvalue weighted by atomic mass is 9.91. The van der Waals surface area contributed by atoms with Gasteiger partial charge >= 0.3 is 0 Å². The van der Waals surface area contributed by atoms with Crippen molar-refractivity contribution in [2.45, 2.75) is 12.5 Å². The van der Waals surface area contributed by atoms with Crippen LogP contribution in [0, 0.1) is 11.6 Å². The zero-order valence-electron chi connectivity index (χ0n) is 10.4. The van der Waals surface area contributed by atoms with Crippen LogP contribution in [-0.4, -0.2) is 22.2 Å². The van der Waals surface area contributed by atoms with Crippen LogP contribution in [-0.2, 0) is 5.60 Å². The quantitative estimate of drug-likeness (QED) is 0.923. The van der Waals surface area contributed by atoms with Crippen molar-refractivity contribution >= 4 is 0 Å². The van der Waals surface area contributed by atoms with Gasteiger partial charge in [0.25, 0.3) is 0 Å². The van der Waals surface area contributed by atoms with Crippen molar-refractivity contribution in [1.29, 1.82) is 0 Å². The monoisotopic (exact) mass is 266 g/mol. The number of aromatic nitrogens is 2. The van der Waals surface area contributed by atoms with Crippen molar-refractivity contribution < 1.29 is 18.6 Å². The second kappa shape index (κ2) is 4.89. The van der Waals surface area contributed by atoms with Gasteiger partial charge in [-0.25, -0.2) is 13.8 Å². The lowest BCUT2D eigenvalue weighted by Gasteiger charge is -2.24. The fraction of sp³-hybridized carbons (Fsp3) is 0.231. The van der Waals surface area contributed by atoms with Crippen LogP contribution in [0.2, 0.25) is 0 Å². The predicted molar refractivity (Wildman–Crippen MR) is 63.6 cm³/mol. The van der Waals surface area contributed by atoms with Crippen LogP contribution in [0.15, 0.2) is 30.6 Å². The molecule has 6 heteroatoms. The summed E-state index contributed by atoms with van der Waals surface area (Å²) >= 11 is 0. The highest BCUT2D eigenvalue weighted by Crippen LogP contribution is 2.34. The number of benzene rings is 1. The van der Waals surface area contributed by atoms with Crippen molar-refractivity contribution in [1.82, 2.24) is 9.97 Å². The molecule has 1 aromatic heterocycles. The average molecular weight is 266 g/mol. The molecule has 0 aliphatic rings. The standard InChI is InChI=1S/C13H12F2N2O2/c1-13(18,8-4-3-5-9(14)10(8)15)11-12(19-2)17-7-6-16-11/h3-7,18H,1-2H3. The Morgan fingerprint density at radius 1 is 1.21 bits per heavy atom. The number of rotatable bonds is 3. The highest BCUT2D eigenvalue weighted by atomic mass is 19.2. The Morgan fingerprint density at radius 3 is 2.58 bits per heavy atom. The second-order valence-electron chi connectivity index (χ2n) is 4.09. The van der Waals surface area contributed by atoms with Crippen LogP contribution in [0.1, 0.15) is 18.2 Å². The third-order valence-electron chi connectivity index (χ3n) is 2.80. The van der Waals surface area contributed by atoms with E-state index >= 15 is 0 Å². The molecule has 100 valence electrons. The van der Waals surface area contributed by atoms with Crippen molar-refractivity contribution in [3.05, 3.63) is 53.5 Å². The number of hydrogen-bond donors (Lipinski definition) is 1. The Bertz CT molecular complexity index is 603. The zero-order chi connectivity index (χ0) is 14.0. The van der Waals surface area contributed by atoms with Gasteiger partial charge in [0.05, 0.1) is 7.11 Å². The number of hydrogen-bond acceptors (Lipinski definition) is 4. The molecule has 4 nitrogen and oxygen atoms in total. The number of halogens is 2. The van der Waals surface area contributed by atoms with E-state index in [0.717, 1.165) is 6.07 Å². The molecule has 0 spiro atoms. The summed E-state index contributed by atoms with van der Waals surface area (Å²) in [5, 5.41) is 10.5. The SMILES string of the molecule is COc1nccnc1C(C)(O)c1cccc(F)c1F. The van der Waals surface area contributed by atoms with E-state index in [4.69, 9.17) is 4.74 Å². The minimum atomic E-state index is -1.86. The molecule has 0 aliphatic heterocycles. The van der Waals surface area contributed by atoms with Gasteiger partial charge in [-0.1, -0.05) is 12.1 Å². The fourth-order valence-electron chi connectivity index (χ4n) is 1.82. The lowest BCUT2D eigenvalue weighted by molar-refractivity contribution is 0.0880. The van der Waals surface area contributed by atoms with Gasteiger partial charge in [-0.05, 0) is 13.0 Å². The normalized spacial score (nSPS) is 13.9.